The van der Waals surface area contributed by atoms with Crippen molar-refractivity contribution in [3.8, 4) is 0 Å². The van der Waals surface area contributed by atoms with E-state index in [-0.39, 0.29) is 0 Å². The van der Waals surface area contributed by atoms with Gasteiger partial charge in [-0.2, -0.15) is 0 Å². The maximum absolute atomic E-state index is 5.84. The molecule has 62 valence electrons. The molecule has 0 spiro atoms. The normalized spacial score (nSPS) is 37.6. The topological polar surface area (TPSA) is 38.4 Å². The number of amidine groups is 1. The second-order valence-electron chi connectivity index (χ2n) is 3.75. The Labute approximate surface area is 67.9 Å². The lowest BCUT2D eigenvalue weighted by molar-refractivity contribution is 0.275. The van der Waals surface area contributed by atoms with E-state index < -0.39 is 0 Å². The molecule has 0 aromatic carbocycles. The highest BCUT2D eigenvalue weighted by molar-refractivity contribution is 5.83. The zero-order valence-electron chi connectivity index (χ0n) is 6.92. The summed E-state index contributed by atoms with van der Waals surface area (Å²) in [7, 11) is 0. The first-order valence-electron chi connectivity index (χ1n) is 4.68. The first-order chi connectivity index (χ1) is 5.38. The van der Waals surface area contributed by atoms with Gasteiger partial charge in [0.05, 0.1) is 5.84 Å². The molecule has 1 heterocycles. The molecule has 1 aliphatic carbocycles. The number of nitrogens with two attached hydrogens (primary N) is 1. The van der Waals surface area contributed by atoms with Crippen LogP contribution in [0.15, 0.2) is 4.99 Å². The molecule has 0 amide bonds. The number of aliphatic imine (C=N–C) groups is 1. The molecular weight excluding hydrogens is 136 g/mol. The molecule has 2 rings (SSSR count). The number of rotatable bonds is 0. The Balaban J connectivity index is 2.11. The highest BCUT2D eigenvalue weighted by Gasteiger charge is 2.29. The largest absolute Gasteiger partial charge is 0.387 e. The van der Waals surface area contributed by atoms with Crippen LogP contribution in [0.2, 0.25) is 0 Å². The predicted octanol–water partition coefficient (Wildman–Crippen LogP) is 1.55. The minimum atomic E-state index is 0.650. The molecule has 0 radical (unpaired) electrons. The SMILES string of the molecule is NC1=NCCC2CCCCC12. The van der Waals surface area contributed by atoms with Crippen LogP contribution in [0.1, 0.15) is 32.1 Å². The van der Waals surface area contributed by atoms with E-state index in [1.807, 2.05) is 0 Å². The molecule has 0 aromatic heterocycles. The van der Waals surface area contributed by atoms with Gasteiger partial charge in [0.15, 0.2) is 0 Å². The molecule has 2 atom stereocenters. The van der Waals surface area contributed by atoms with E-state index in [1.54, 1.807) is 0 Å². The van der Waals surface area contributed by atoms with Crippen LogP contribution in [0.4, 0.5) is 0 Å². The monoisotopic (exact) mass is 152 g/mol. The summed E-state index contributed by atoms with van der Waals surface area (Å²) in [6, 6.07) is 0. The van der Waals surface area contributed by atoms with E-state index in [9.17, 15) is 0 Å². The summed E-state index contributed by atoms with van der Waals surface area (Å²) >= 11 is 0. The van der Waals surface area contributed by atoms with E-state index in [4.69, 9.17) is 5.73 Å². The fraction of sp³-hybridized carbons (Fsp3) is 0.889. The molecule has 2 aliphatic rings. The molecule has 2 heteroatoms. The number of hydrogen-bond donors (Lipinski definition) is 1. The fourth-order valence-corrected chi connectivity index (χ4v) is 2.42. The number of fused-ring (bicyclic) bond motifs is 1. The number of hydrogen-bond acceptors (Lipinski definition) is 2. The van der Waals surface area contributed by atoms with Crippen LogP contribution in [-0.2, 0) is 0 Å². The smallest absolute Gasteiger partial charge is 0.0971 e. The Morgan fingerprint density at radius 1 is 1.18 bits per heavy atom. The van der Waals surface area contributed by atoms with E-state index in [0.29, 0.717) is 5.92 Å². The maximum Gasteiger partial charge on any atom is 0.0971 e. The molecule has 2 unspecified atom stereocenters. The van der Waals surface area contributed by atoms with Gasteiger partial charge in [-0.1, -0.05) is 12.8 Å². The van der Waals surface area contributed by atoms with Crippen molar-refractivity contribution in [3.63, 3.8) is 0 Å². The zero-order valence-corrected chi connectivity index (χ0v) is 6.92. The lowest BCUT2D eigenvalue weighted by Gasteiger charge is -2.33. The van der Waals surface area contributed by atoms with Gasteiger partial charge in [0.2, 0.25) is 0 Å². The Bertz CT molecular complexity index is 174. The standard InChI is InChI=1S/C9H16N2/c10-9-8-4-2-1-3-7(8)5-6-11-9/h7-8H,1-6H2,(H2,10,11). The van der Waals surface area contributed by atoms with Crippen molar-refractivity contribution in [1.29, 1.82) is 0 Å². The molecule has 0 bridgehead atoms. The lowest BCUT2D eigenvalue weighted by atomic mass is 9.75. The predicted molar refractivity (Wildman–Crippen MR) is 46.6 cm³/mol. The van der Waals surface area contributed by atoms with Crippen LogP contribution in [0.5, 0.6) is 0 Å². The highest BCUT2D eigenvalue weighted by Crippen LogP contribution is 2.34. The van der Waals surface area contributed by atoms with Gasteiger partial charge in [0.1, 0.15) is 0 Å². The summed E-state index contributed by atoms with van der Waals surface area (Å²) in [4.78, 5) is 4.31. The van der Waals surface area contributed by atoms with Gasteiger partial charge >= 0.3 is 0 Å². The Morgan fingerprint density at radius 3 is 2.82 bits per heavy atom. The van der Waals surface area contributed by atoms with Crippen molar-refractivity contribution in [1.82, 2.24) is 0 Å². The molecule has 0 aromatic rings. The van der Waals surface area contributed by atoms with E-state index in [0.717, 1.165) is 18.3 Å². The second-order valence-corrected chi connectivity index (χ2v) is 3.75. The van der Waals surface area contributed by atoms with E-state index in [2.05, 4.69) is 4.99 Å². The molecule has 0 saturated heterocycles. The van der Waals surface area contributed by atoms with Gasteiger partial charge in [-0.25, -0.2) is 0 Å². The van der Waals surface area contributed by atoms with Crippen molar-refractivity contribution < 1.29 is 0 Å². The van der Waals surface area contributed by atoms with Crippen LogP contribution in [0, 0.1) is 11.8 Å². The fourth-order valence-electron chi connectivity index (χ4n) is 2.42. The zero-order chi connectivity index (χ0) is 7.68. The summed E-state index contributed by atoms with van der Waals surface area (Å²) in [6.45, 7) is 0.979. The molecular formula is C9H16N2. The minimum Gasteiger partial charge on any atom is -0.387 e. The van der Waals surface area contributed by atoms with Crippen LogP contribution >= 0.6 is 0 Å². The van der Waals surface area contributed by atoms with Crippen molar-refractivity contribution in [2.45, 2.75) is 32.1 Å². The van der Waals surface area contributed by atoms with E-state index in [1.165, 1.54) is 32.1 Å². The van der Waals surface area contributed by atoms with Crippen LogP contribution in [0.25, 0.3) is 0 Å². The van der Waals surface area contributed by atoms with Gasteiger partial charge in [-0.15, -0.1) is 0 Å². The van der Waals surface area contributed by atoms with Gasteiger partial charge in [0, 0.05) is 12.5 Å². The van der Waals surface area contributed by atoms with Crippen molar-refractivity contribution >= 4 is 5.84 Å². The van der Waals surface area contributed by atoms with Crippen LogP contribution < -0.4 is 5.73 Å². The third kappa shape index (κ3) is 1.26. The van der Waals surface area contributed by atoms with Crippen LogP contribution in [0.3, 0.4) is 0 Å². The van der Waals surface area contributed by atoms with Crippen LogP contribution in [-0.4, -0.2) is 12.4 Å². The first-order valence-corrected chi connectivity index (χ1v) is 4.68. The minimum absolute atomic E-state index is 0.650. The van der Waals surface area contributed by atoms with Gasteiger partial charge in [-0.05, 0) is 25.2 Å². The molecule has 1 saturated carbocycles. The second kappa shape index (κ2) is 2.84. The lowest BCUT2D eigenvalue weighted by Crippen LogP contribution is -2.36. The Kier molecular flexibility index (Phi) is 1.84. The third-order valence-corrected chi connectivity index (χ3v) is 3.08. The van der Waals surface area contributed by atoms with Gasteiger partial charge < -0.3 is 5.73 Å². The van der Waals surface area contributed by atoms with E-state index >= 15 is 0 Å². The summed E-state index contributed by atoms with van der Waals surface area (Å²) in [5.41, 5.74) is 5.84. The summed E-state index contributed by atoms with van der Waals surface area (Å²) in [5.74, 6) is 2.47. The highest BCUT2D eigenvalue weighted by atomic mass is 14.9. The summed E-state index contributed by atoms with van der Waals surface area (Å²) in [6.07, 6.45) is 6.73. The number of nitrogens with zero attached hydrogens (tertiary/aromatic N) is 1. The average molecular weight is 152 g/mol. The Hall–Kier alpha value is -0.530. The quantitative estimate of drug-likeness (QED) is 0.562. The average Bonchev–Trinajstić information content (AvgIpc) is 2.06. The summed E-state index contributed by atoms with van der Waals surface area (Å²) in [5, 5.41) is 0. The Morgan fingerprint density at radius 2 is 2.00 bits per heavy atom. The van der Waals surface area contributed by atoms with Crippen molar-refractivity contribution in [2.75, 3.05) is 6.54 Å². The maximum atomic E-state index is 5.84. The molecule has 1 fully saturated rings. The third-order valence-electron chi connectivity index (χ3n) is 3.08. The molecule has 11 heavy (non-hydrogen) atoms. The van der Waals surface area contributed by atoms with Crippen molar-refractivity contribution in [2.24, 2.45) is 22.6 Å². The molecule has 1 aliphatic heterocycles. The van der Waals surface area contributed by atoms with Gasteiger partial charge in [-0.3, -0.25) is 4.99 Å². The summed E-state index contributed by atoms with van der Waals surface area (Å²) < 4.78 is 0. The van der Waals surface area contributed by atoms with Gasteiger partial charge in [0.25, 0.3) is 0 Å². The molecule has 2 nitrogen and oxygen atoms in total. The van der Waals surface area contributed by atoms with Crippen molar-refractivity contribution in [3.05, 3.63) is 0 Å². The molecule has 2 N–H and O–H groups in total. The first kappa shape index (κ1) is 7.14.